The highest BCUT2D eigenvalue weighted by molar-refractivity contribution is 5.76. The molecule has 1 amide bonds. The van der Waals surface area contributed by atoms with E-state index in [1.807, 2.05) is 32.0 Å². The van der Waals surface area contributed by atoms with Crippen molar-refractivity contribution in [3.05, 3.63) is 61.4 Å². The topological polar surface area (TPSA) is 104 Å². The van der Waals surface area contributed by atoms with E-state index in [9.17, 15) is 14.4 Å². The summed E-state index contributed by atoms with van der Waals surface area (Å²) in [6.07, 6.45) is 0.399. The molecule has 25 heavy (non-hydrogen) atoms. The first kappa shape index (κ1) is 18.5. The van der Waals surface area contributed by atoms with Crippen LogP contribution in [-0.2, 0) is 11.2 Å². The molecule has 0 spiro atoms. The highest BCUT2D eigenvalue weighted by Gasteiger charge is 2.15. The summed E-state index contributed by atoms with van der Waals surface area (Å²) in [5, 5.41) is 2.92. The number of methoxy groups -OCH3 is 1. The Balaban J connectivity index is 2.05. The van der Waals surface area contributed by atoms with E-state index >= 15 is 0 Å². The largest absolute Gasteiger partial charge is 0.496 e. The maximum Gasteiger partial charge on any atom is 0.325 e. The van der Waals surface area contributed by atoms with Gasteiger partial charge in [0, 0.05) is 23.2 Å². The Bertz CT molecular complexity index is 883. The van der Waals surface area contributed by atoms with Gasteiger partial charge in [-0.05, 0) is 33.3 Å². The molecular formula is C18H23N3O4. The van der Waals surface area contributed by atoms with Gasteiger partial charge >= 0.3 is 5.69 Å². The van der Waals surface area contributed by atoms with E-state index in [1.54, 1.807) is 14.0 Å². The van der Waals surface area contributed by atoms with Crippen LogP contribution in [0.2, 0.25) is 0 Å². The predicted molar refractivity (Wildman–Crippen MR) is 95.0 cm³/mol. The Labute approximate surface area is 145 Å². The van der Waals surface area contributed by atoms with Gasteiger partial charge in [0.05, 0.1) is 13.2 Å². The molecular weight excluding hydrogens is 322 g/mol. The maximum absolute atomic E-state index is 12.2. The number of carbonyl (C=O) groups is 1. The van der Waals surface area contributed by atoms with Crippen molar-refractivity contribution in [1.29, 1.82) is 0 Å². The van der Waals surface area contributed by atoms with Crippen LogP contribution >= 0.6 is 0 Å². The molecule has 0 aliphatic carbocycles. The number of hydrogen-bond donors (Lipinski definition) is 3. The number of aromatic amines is 2. The summed E-state index contributed by atoms with van der Waals surface area (Å²) in [6.45, 7) is 5.50. The van der Waals surface area contributed by atoms with Crippen LogP contribution in [0, 0.1) is 13.8 Å². The molecule has 0 saturated carbocycles. The van der Waals surface area contributed by atoms with Crippen molar-refractivity contribution < 1.29 is 9.53 Å². The molecule has 1 heterocycles. The Morgan fingerprint density at radius 2 is 1.96 bits per heavy atom. The maximum atomic E-state index is 12.2. The van der Waals surface area contributed by atoms with Gasteiger partial charge < -0.3 is 15.0 Å². The standard InChI is InChI=1S/C18H23N3O4/c1-10-5-7-15(25-4)14(9-10)12(3)19-16(22)8-6-13-11(2)20-18(24)21-17(13)23/h5,7,9,12H,6,8H2,1-4H3,(H,19,22)(H2,20,21,23,24). The number of aryl methyl sites for hydroxylation is 2. The molecule has 134 valence electrons. The molecule has 3 N–H and O–H groups in total. The summed E-state index contributed by atoms with van der Waals surface area (Å²) in [4.78, 5) is 40.0. The van der Waals surface area contributed by atoms with Gasteiger partial charge in [-0.3, -0.25) is 14.6 Å². The van der Waals surface area contributed by atoms with E-state index < -0.39 is 11.2 Å². The average Bonchev–Trinajstić information content (AvgIpc) is 2.53. The number of aromatic nitrogens is 2. The number of benzene rings is 1. The van der Waals surface area contributed by atoms with Gasteiger partial charge in [0.1, 0.15) is 5.75 Å². The van der Waals surface area contributed by atoms with Crippen molar-refractivity contribution in [3.63, 3.8) is 0 Å². The monoisotopic (exact) mass is 345 g/mol. The molecule has 1 atom stereocenters. The van der Waals surface area contributed by atoms with Gasteiger partial charge in [0.2, 0.25) is 5.91 Å². The van der Waals surface area contributed by atoms with Gasteiger partial charge in [-0.1, -0.05) is 17.7 Å². The first-order valence-electron chi connectivity index (χ1n) is 8.07. The average molecular weight is 345 g/mol. The molecule has 0 radical (unpaired) electrons. The second-order valence-electron chi connectivity index (χ2n) is 6.05. The molecule has 7 nitrogen and oxygen atoms in total. The minimum Gasteiger partial charge on any atom is -0.496 e. The second kappa shape index (κ2) is 7.83. The highest BCUT2D eigenvalue weighted by Crippen LogP contribution is 2.26. The second-order valence-corrected chi connectivity index (χ2v) is 6.05. The lowest BCUT2D eigenvalue weighted by Crippen LogP contribution is -2.30. The number of amides is 1. The fraction of sp³-hybridized carbons (Fsp3) is 0.389. The summed E-state index contributed by atoms with van der Waals surface area (Å²) < 4.78 is 5.34. The minimum atomic E-state index is -0.545. The summed E-state index contributed by atoms with van der Waals surface area (Å²) in [6, 6.07) is 5.57. The normalized spacial score (nSPS) is 11.8. The Morgan fingerprint density at radius 1 is 1.24 bits per heavy atom. The molecule has 2 rings (SSSR count). The molecule has 1 aromatic carbocycles. The number of carbonyl (C=O) groups excluding carboxylic acids is 1. The molecule has 7 heteroatoms. The lowest BCUT2D eigenvalue weighted by molar-refractivity contribution is -0.121. The van der Waals surface area contributed by atoms with Crippen LogP contribution in [-0.4, -0.2) is 23.0 Å². The van der Waals surface area contributed by atoms with Crippen LogP contribution in [0.15, 0.2) is 27.8 Å². The van der Waals surface area contributed by atoms with E-state index in [0.717, 1.165) is 11.1 Å². The number of H-pyrrole nitrogens is 2. The lowest BCUT2D eigenvalue weighted by Gasteiger charge is -2.18. The fourth-order valence-electron chi connectivity index (χ4n) is 2.75. The first-order chi connectivity index (χ1) is 11.8. The number of rotatable bonds is 6. The van der Waals surface area contributed by atoms with E-state index in [0.29, 0.717) is 17.0 Å². The van der Waals surface area contributed by atoms with Crippen molar-refractivity contribution in [1.82, 2.24) is 15.3 Å². The van der Waals surface area contributed by atoms with Crippen LogP contribution in [0.5, 0.6) is 5.75 Å². The van der Waals surface area contributed by atoms with E-state index in [4.69, 9.17) is 4.74 Å². The molecule has 1 aromatic heterocycles. The van der Waals surface area contributed by atoms with Crippen molar-refractivity contribution in [2.45, 2.75) is 39.7 Å². The third-order valence-corrected chi connectivity index (χ3v) is 4.09. The third-order valence-electron chi connectivity index (χ3n) is 4.09. The van der Waals surface area contributed by atoms with Gasteiger partial charge in [-0.15, -0.1) is 0 Å². The molecule has 2 aromatic rings. The van der Waals surface area contributed by atoms with Crippen molar-refractivity contribution in [2.24, 2.45) is 0 Å². The summed E-state index contributed by atoms with van der Waals surface area (Å²) in [5.74, 6) is 0.535. The van der Waals surface area contributed by atoms with Crippen molar-refractivity contribution >= 4 is 5.91 Å². The number of ether oxygens (including phenoxy) is 1. The van der Waals surface area contributed by atoms with Gasteiger partial charge in [0.15, 0.2) is 0 Å². The first-order valence-corrected chi connectivity index (χ1v) is 8.07. The zero-order valence-electron chi connectivity index (χ0n) is 14.9. The summed E-state index contributed by atoms with van der Waals surface area (Å²) in [5.41, 5.74) is 1.87. The van der Waals surface area contributed by atoms with E-state index in [2.05, 4.69) is 15.3 Å². The third kappa shape index (κ3) is 4.59. The van der Waals surface area contributed by atoms with Crippen molar-refractivity contribution in [3.8, 4) is 5.75 Å². The number of hydrogen-bond acceptors (Lipinski definition) is 4. The molecule has 0 aliphatic heterocycles. The Kier molecular flexibility index (Phi) is 5.80. The van der Waals surface area contributed by atoms with Crippen LogP contribution in [0.25, 0.3) is 0 Å². The van der Waals surface area contributed by atoms with Crippen molar-refractivity contribution in [2.75, 3.05) is 7.11 Å². The minimum absolute atomic E-state index is 0.147. The van der Waals surface area contributed by atoms with Gasteiger partial charge in [0.25, 0.3) is 5.56 Å². The molecule has 0 aliphatic rings. The molecule has 0 bridgehead atoms. The summed E-state index contributed by atoms with van der Waals surface area (Å²) >= 11 is 0. The van der Waals surface area contributed by atoms with Crippen LogP contribution in [0.3, 0.4) is 0 Å². The zero-order chi connectivity index (χ0) is 18.6. The molecule has 0 saturated heterocycles. The fourth-order valence-corrected chi connectivity index (χ4v) is 2.75. The Hall–Kier alpha value is -2.83. The van der Waals surface area contributed by atoms with Gasteiger partial charge in [-0.25, -0.2) is 4.79 Å². The molecule has 0 fully saturated rings. The SMILES string of the molecule is COc1ccc(C)cc1C(C)NC(=O)CCc1c(C)[nH]c(=O)[nH]c1=O. The lowest BCUT2D eigenvalue weighted by atomic mass is 10.0. The Morgan fingerprint density at radius 3 is 2.60 bits per heavy atom. The number of nitrogens with one attached hydrogen (secondary N) is 3. The smallest absolute Gasteiger partial charge is 0.325 e. The van der Waals surface area contributed by atoms with E-state index in [-0.39, 0.29) is 24.8 Å². The van der Waals surface area contributed by atoms with Crippen LogP contribution in [0.4, 0.5) is 0 Å². The quantitative estimate of drug-likeness (QED) is 0.738. The van der Waals surface area contributed by atoms with E-state index in [1.165, 1.54) is 0 Å². The molecule has 1 unspecified atom stereocenters. The highest BCUT2D eigenvalue weighted by atomic mass is 16.5. The van der Waals surface area contributed by atoms with Crippen LogP contribution in [0.1, 0.15) is 41.8 Å². The zero-order valence-corrected chi connectivity index (χ0v) is 14.9. The summed E-state index contributed by atoms with van der Waals surface area (Å²) in [7, 11) is 1.59. The van der Waals surface area contributed by atoms with Crippen LogP contribution < -0.4 is 21.3 Å². The van der Waals surface area contributed by atoms with Gasteiger partial charge in [-0.2, -0.15) is 0 Å². The predicted octanol–water partition coefficient (Wildman–Crippen LogP) is 1.50.